The van der Waals surface area contributed by atoms with Crippen LogP contribution in [0.25, 0.3) is 0 Å². The molecule has 0 radical (unpaired) electrons. The Labute approximate surface area is 158 Å². The number of fused-ring (bicyclic) bond motifs is 2. The second-order valence-corrected chi connectivity index (χ2v) is 7.16. The van der Waals surface area contributed by atoms with Gasteiger partial charge in [-0.2, -0.15) is 0 Å². The minimum Gasteiger partial charge on any atom is -0.352 e. The van der Waals surface area contributed by atoms with Crippen molar-refractivity contribution in [2.45, 2.75) is 0 Å². The summed E-state index contributed by atoms with van der Waals surface area (Å²) < 4.78 is 0. The lowest BCUT2D eigenvalue weighted by molar-refractivity contribution is 0.841. The van der Waals surface area contributed by atoms with Crippen molar-refractivity contribution in [2.75, 3.05) is 10.2 Å². The summed E-state index contributed by atoms with van der Waals surface area (Å²) in [5.74, 6) is 0.317. The van der Waals surface area contributed by atoms with Gasteiger partial charge in [-0.1, -0.05) is 66.8 Å². The van der Waals surface area contributed by atoms with Crippen LogP contribution in [0.2, 0.25) is 0 Å². The summed E-state index contributed by atoms with van der Waals surface area (Å²) in [6, 6.07) is 19.2. The van der Waals surface area contributed by atoms with Gasteiger partial charge in [0, 0.05) is 11.6 Å². The van der Waals surface area contributed by atoms with Gasteiger partial charge in [0.05, 0.1) is 22.8 Å². The Morgan fingerprint density at radius 1 is 0.778 bits per heavy atom. The second-order valence-electron chi connectivity index (χ2n) is 7.16. The van der Waals surface area contributed by atoms with Gasteiger partial charge in [-0.15, -0.1) is 0 Å². The molecule has 2 nitrogen and oxygen atoms in total. The molecule has 1 aliphatic heterocycles. The Morgan fingerprint density at radius 3 is 2.48 bits per heavy atom. The van der Waals surface area contributed by atoms with E-state index in [1.165, 1.54) is 33.8 Å². The molecule has 3 aliphatic carbocycles. The van der Waals surface area contributed by atoms with Crippen molar-refractivity contribution in [1.82, 2.24) is 0 Å². The molecule has 128 valence electrons. The van der Waals surface area contributed by atoms with E-state index >= 15 is 0 Å². The van der Waals surface area contributed by atoms with E-state index in [0.717, 1.165) is 11.4 Å². The van der Waals surface area contributed by atoms with E-state index in [9.17, 15) is 0 Å². The first-order chi connectivity index (χ1) is 13.4. The first-order valence-electron chi connectivity index (χ1n) is 9.34. The Bertz CT molecular complexity index is 1140. The lowest BCUT2D eigenvalue weighted by Gasteiger charge is -2.42. The highest BCUT2D eigenvalue weighted by molar-refractivity contribution is 5.89. The molecule has 1 heterocycles. The standard InChI is InChI=1S/C25H18N2/c1-2-11-19(12-3-1)27-23-15-5-4-14-21(23)26-22-16-18-10-6-8-17-9-7-13-20(24(17)18)25(22)27/h1-16,24,26H. The van der Waals surface area contributed by atoms with E-state index in [1.807, 2.05) is 0 Å². The smallest absolute Gasteiger partial charge is 0.0739 e. The molecule has 1 atom stereocenters. The summed E-state index contributed by atoms with van der Waals surface area (Å²) in [5, 5.41) is 3.68. The zero-order valence-electron chi connectivity index (χ0n) is 14.8. The zero-order chi connectivity index (χ0) is 17.8. The summed E-state index contributed by atoms with van der Waals surface area (Å²) in [5.41, 5.74) is 9.98. The molecule has 0 amide bonds. The average Bonchev–Trinajstić information content (AvgIpc) is 2.73. The number of benzene rings is 2. The monoisotopic (exact) mass is 346 g/mol. The summed E-state index contributed by atoms with van der Waals surface area (Å²) in [7, 11) is 0. The highest BCUT2D eigenvalue weighted by Crippen LogP contribution is 2.50. The van der Waals surface area contributed by atoms with Crippen LogP contribution in [0.1, 0.15) is 0 Å². The molecule has 0 saturated heterocycles. The molecule has 0 spiro atoms. The minimum absolute atomic E-state index is 0.317. The normalized spacial score (nSPS) is 21.4. The highest BCUT2D eigenvalue weighted by atomic mass is 15.2. The van der Waals surface area contributed by atoms with Gasteiger partial charge in [-0.05, 0) is 47.1 Å². The van der Waals surface area contributed by atoms with E-state index in [2.05, 4.69) is 107 Å². The SMILES string of the molecule is C1=CC2=CC=CC3=C4C(=CC(=C1)C23)Nc1ccccc1N4c1ccccc1. The Morgan fingerprint density at radius 2 is 1.56 bits per heavy atom. The van der Waals surface area contributed by atoms with Gasteiger partial charge < -0.3 is 10.2 Å². The number of nitrogens with one attached hydrogen (secondary N) is 1. The summed E-state index contributed by atoms with van der Waals surface area (Å²) in [4.78, 5) is 2.40. The Hall–Kier alpha value is -3.52. The van der Waals surface area contributed by atoms with Crippen LogP contribution >= 0.6 is 0 Å². The quantitative estimate of drug-likeness (QED) is 0.680. The molecule has 27 heavy (non-hydrogen) atoms. The van der Waals surface area contributed by atoms with Crippen molar-refractivity contribution in [3.63, 3.8) is 0 Å². The fraction of sp³-hybridized carbons (Fsp3) is 0.0400. The number of para-hydroxylation sites is 3. The first-order valence-corrected chi connectivity index (χ1v) is 9.34. The topological polar surface area (TPSA) is 15.3 Å². The van der Waals surface area contributed by atoms with Crippen LogP contribution in [0, 0.1) is 5.92 Å². The molecule has 6 rings (SSSR count). The van der Waals surface area contributed by atoms with Crippen LogP contribution in [0.5, 0.6) is 0 Å². The van der Waals surface area contributed by atoms with Crippen molar-refractivity contribution < 1.29 is 0 Å². The molecule has 0 bridgehead atoms. The van der Waals surface area contributed by atoms with Gasteiger partial charge in [0.1, 0.15) is 0 Å². The lowest BCUT2D eigenvalue weighted by atomic mass is 9.74. The molecule has 1 N–H and O–H groups in total. The number of hydrogen-bond acceptors (Lipinski definition) is 2. The average molecular weight is 346 g/mol. The first kappa shape index (κ1) is 14.6. The van der Waals surface area contributed by atoms with Crippen LogP contribution < -0.4 is 10.2 Å². The molecule has 2 aromatic rings. The predicted molar refractivity (Wildman–Crippen MR) is 112 cm³/mol. The number of allylic oxidation sites excluding steroid dienone is 10. The summed E-state index contributed by atoms with van der Waals surface area (Å²) >= 11 is 0. The third kappa shape index (κ3) is 2.07. The Balaban J connectivity index is 1.67. The lowest BCUT2D eigenvalue weighted by Crippen LogP contribution is -2.33. The predicted octanol–water partition coefficient (Wildman–Crippen LogP) is 6.01. The summed E-state index contributed by atoms with van der Waals surface area (Å²) in [6.45, 7) is 0. The molecule has 0 aromatic heterocycles. The van der Waals surface area contributed by atoms with E-state index in [-0.39, 0.29) is 0 Å². The maximum Gasteiger partial charge on any atom is 0.0739 e. The Kier molecular flexibility index (Phi) is 2.97. The van der Waals surface area contributed by atoms with Crippen molar-refractivity contribution in [3.05, 3.63) is 125 Å². The highest BCUT2D eigenvalue weighted by Gasteiger charge is 2.36. The van der Waals surface area contributed by atoms with Gasteiger partial charge >= 0.3 is 0 Å². The van der Waals surface area contributed by atoms with Gasteiger partial charge in [0.25, 0.3) is 0 Å². The number of rotatable bonds is 1. The number of anilines is 3. The van der Waals surface area contributed by atoms with Gasteiger partial charge in [0.15, 0.2) is 0 Å². The largest absolute Gasteiger partial charge is 0.352 e. The molecule has 2 aromatic carbocycles. The van der Waals surface area contributed by atoms with Crippen molar-refractivity contribution >= 4 is 17.1 Å². The number of nitrogens with zero attached hydrogens (tertiary/aromatic N) is 1. The van der Waals surface area contributed by atoms with Crippen LogP contribution in [-0.4, -0.2) is 0 Å². The fourth-order valence-corrected chi connectivity index (χ4v) is 4.49. The molecular formula is C25H18N2. The molecule has 4 aliphatic rings. The van der Waals surface area contributed by atoms with Gasteiger partial charge in [-0.3, -0.25) is 0 Å². The molecule has 0 saturated carbocycles. The molecule has 0 fully saturated rings. The van der Waals surface area contributed by atoms with E-state index in [4.69, 9.17) is 0 Å². The maximum absolute atomic E-state index is 3.68. The van der Waals surface area contributed by atoms with Crippen LogP contribution in [0.15, 0.2) is 125 Å². The van der Waals surface area contributed by atoms with Crippen LogP contribution in [-0.2, 0) is 0 Å². The molecular weight excluding hydrogens is 328 g/mol. The van der Waals surface area contributed by atoms with E-state index < -0.39 is 0 Å². The molecule has 2 heteroatoms. The zero-order valence-corrected chi connectivity index (χ0v) is 14.8. The second kappa shape index (κ2) is 5.49. The van der Waals surface area contributed by atoms with Gasteiger partial charge in [-0.25, -0.2) is 0 Å². The van der Waals surface area contributed by atoms with Gasteiger partial charge in [0.2, 0.25) is 0 Å². The maximum atomic E-state index is 3.68. The van der Waals surface area contributed by atoms with Crippen LogP contribution in [0.4, 0.5) is 17.1 Å². The van der Waals surface area contributed by atoms with Crippen LogP contribution in [0.3, 0.4) is 0 Å². The third-order valence-corrected chi connectivity index (χ3v) is 5.61. The van der Waals surface area contributed by atoms with Crippen molar-refractivity contribution in [2.24, 2.45) is 5.92 Å². The number of hydrogen-bond donors (Lipinski definition) is 1. The van der Waals surface area contributed by atoms with Crippen molar-refractivity contribution in [1.29, 1.82) is 0 Å². The third-order valence-electron chi connectivity index (χ3n) is 5.61. The van der Waals surface area contributed by atoms with E-state index in [1.54, 1.807) is 0 Å². The van der Waals surface area contributed by atoms with Crippen molar-refractivity contribution in [3.8, 4) is 0 Å². The van der Waals surface area contributed by atoms with E-state index in [0.29, 0.717) is 5.92 Å². The minimum atomic E-state index is 0.317. The fourth-order valence-electron chi connectivity index (χ4n) is 4.49. The summed E-state index contributed by atoms with van der Waals surface area (Å²) in [6.07, 6.45) is 15.6. The molecule has 1 unspecified atom stereocenters.